The number of fused-ring (bicyclic) bond motifs is 1. The van der Waals surface area contributed by atoms with Gasteiger partial charge < -0.3 is 24.0 Å². The molecule has 0 radical (unpaired) electrons. The van der Waals surface area contributed by atoms with Crippen molar-refractivity contribution in [2.45, 2.75) is 26.4 Å². The second kappa shape index (κ2) is 8.43. The van der Waals surface area contributed by atoms with Crippen molar-refractivity contribution < 1.29 is 19.0 Å². The first kappa shape index (κ1) is 22.4. The first-order valence-electron chi connectivity index (χ1n) is 11.5. The number of anilines is 1. The molecule has 0 aliphatic carbocycles. The van der Waals surface area contributed by atoms with E-state index >= 15 is 0 Å². The van der Waals surface area contributed by atoms with Crippen LogP contribution >= 0.6 is 0 Å². The molecule has 0 atom stereocenters. The van der Waals surface area contributed by atoms with Crippen molar-refractivity contribution in [3.8, 4) is 17.0 Å². The van der Waals surface area contributed by atoms with Crippen LogP contribution in [0.5, 0.6) is 5.75 Å². The molecule has 34 heavy (non-hydrogen) atoms. The van der Waals surface area contributed by atoms with E-state index in [-0.39, 0.29) is 18.3 Å². The Hall–Kier alpha value is -3.39. The number of hydrogen-bond donors (Lipinski definition) is 0. The van der Waals surface area contributed by atoms with Crippen molar-refractivity contribution in [1.82, 2.24) is 15.1 Å². The van der Waals surface area contributed by atoms with E-state index in [1.807, 2.05) is 51.1 Å². The Balaban J connectivity index is 1.25. The normalized spacial score (nSPS) is 16.8. The van der Waals surface area contributed by atoms with E-state index in [4.69, 9.17) is 14.2 Å². The summed E-state index contributed by atoms with van der Waals surface area (Å²) in [7, 11) is 1.60. The fourth-order valence-electron chi connectivity index (χ4n) is 4.64. The maximum atomic E-state index is 12.2. The number of hydrogen-bond acceptors (Lipinski definition) is 7. The van der Waals surface area contributed by atoms with Crippen LogP contribution in [0.15, 0.2) is 48.5 Å². The van der Waals surface area contributed by atoms with Crippen LogP contribution in [0.25, 0.3) is 22.2 Å². The van der Waals surface area contributed by atoms with Gasteiger partial charge in [-0.05, 0) is 51.1 Å². The lowest BCUT2D eigenvalue weighted by Gasteiger charge is -2.60. The number of carbonyl (C=O) groups excluding carboxylic acids is 1. The van der Waals surface area contributed by atoms with Crippen molar-refractivity contribution in [1.29, 1.82) is 0 Å². The second-order valence-electron chi connectivity index (χ2n) is 10.2. The summed E-state index contributed by atoms with van der Waals surface area (Å²) in [5.74, 6) is 0.710. The first-order valence-corrected chi connectivity index (χ1v) is 11.5. The van der Waals surface area contributed by atoms with Gasteiger partial charge in [-0.3, -0.25) is 0 Å². The Morgan fingerprint density at radius 2 is 1.79 bits per heavy atom. The van der Waals surface area contributed by atoms with Gasteiger partial charge in [-0.15, -0.1) is 10.2 Å². The lowest BCUT2D eigenvalue weighted by molar-refractivity contribution is -0.0452. The quantitative estimate of drug-likeness (QED) is 0.522. The highest BCUT2D eigenvalue weighted by Gasteiger charge is 2.54. The predicted molar refractivity (Wildman–Crippen MR) is 130 cm³/mol. The van der Waals surface area contributed by atoms with Crippen LogP contribution in [0, 0.1) is 5.41 Å². The third kappa shape index (κ3) is 4.37. The highest BCUT2D eigenvalue weighted by atomic mass is 16.7. The molecular formula is C26H30N4O4. The number of rotatable bonds is 5. The van der Waals surface area contributed by atoms with Crippen molar-refractivity contribution in [3.05, 3.63) is 48.5 Å². The van der Waals surface area contributed by atoms with Crippen LogP contribution in [0.2, 0.25) is 0 Å². The predicted octanol–water partition coefficient (Wildman–Crippen LogP) is 4.34. The van der Waals surface area contributed by atoms with Gasteiger partial charge in [0.2, 0.25) is 0 Å². The Morgan fingerprint density at radius 3 is 2.53 bits per heavy atom. The molecule has 0 N–H and O–H groups in total. The van der Waals surface area contributed by atoms with Crippen LogP contribution < -0.4 is 9.64 Å². The molecule has 2 saturated heterocycles. The number of benzene rings is 2. The van der Waals surface area contributed by atoms with Gasteiger partial charge >= 0.3 is 6.09 Å². The van der Waals surface area contributed by atoms with Gasteiger partial charge in [0.25, 0.3) is 0 Å². The van der Waals surface area contributed by atoms with E-state index in [2.05, 4.69) is 33.3 Å². The number of nitrogens with zero attached hydrogens (tertiary/aromatic N) is 4. The zero-order valence-electron chi connectivity index (χ0n) is 20.1. The molecule has 1 aromatic heterocycles. The number of carbonyl (C=O) groups is 1. The molecule has 2 aliphatic rings. The molecule has 2 fully saturated rings. The topological polar surface area (TPSA) is 77.0 Å². The summed E-state index contributed by atoms with van der Waals surface area (Å²) in [5.41, 5.74) is 3.32. The molecule has 2 aromatic carbocycles. The molecule has 0 unspecified atom stereocenters. The molecule has 0 bridgehead atoms. The van der Waals surface area contributed by atoms with E-state index < -0.39 is 5.60 Å². The molecule has 178 valence electrons. The zero-order valence-corrected chi connectivity index (χ0v) is 20.1. The van der Waals surface area contributed by atoms with Gasteiger partial charge in [0.15, 0.2) is 6.79 Å². The van der Waals surface area contributed by atoms with Gasteiger partial charge in [0, 0.05) is 55.3 Å². The summed E-state index contributed by atoms with van der Waals surface area (Å²) in [5, 5.41) is 9.96. The summed E-state index contributed by atoms with van der Waals surface area (Å²) >= 11 is 0. The van der Waals surface area contributed by atoms with Crippen LogP contribution in [-0.4, -0.2) is 66.9 Å². The van der Waals surface area contributed by atoms with Gasteiger partial charge in [0.1, 0.15) is 11.4 Å². The molecule has 8 nitrogen and oxygen atoms in total. The van der Waals surface area contributed by atoms with Crippen LogP contribution in [0.3, 0.4) is 0 Å². The van der Waals surface area contributed by atoms with E-state index in [1.165, 1.54) is 0 Å². The van der Waals surface area contributed by atoms with Crippen molar-refractivity contribution in [3.63, 3.8) is 0 Å². The van der Waals surface area contributed by atoms with Crippen LogP contribution in [-0.2, 0) is 9.47 Å². The molecular weight excluding hydrogens is 432 g/mol. The Bertz CT molecular complexity index is 1210. The SMILES string of the molecule is COCOc1ccccc1-c1cc2ccc(N3CC4(CN(C(=O)OC(C)(C)C)C4)C3)cc2nn1. The molecule has 8 heteroatoms. The molecule has 5 rings (SSSR count). The zero-order chi connectivity index (χ0) is 23.9. The molecule has 1 spiro atoms. The number of amides is 1. The fourth-order valence-corrected chi connectivity index (χ4v) is 4.64. The fraction of sp³-hybridized carbons (Fsp3) is 0.423. The highest BCUT2D eigenvalue weighted by molar-refractivity contribution is 5.86. The Morgan fingerprint density at radius 1 is 1.03 bits per heavy atom. The van der Waals surface area contributed by atoms with Crippen molar-refractivity contribution in [2.75, 3.05) is 45.0 Å². The third-order valence-electron chi connectivity index (χ3n) is 6.19. The summed E-state index contributed by atoms with van der Waals surface area (Å²) in [6, 6.07) is 16.1. The van der Waals surface area contributed by atoms with Gasteiger partial charge in [-0.1, -0.05) is 18.2 Å². The lowest BCUT2D eigenvalue weighted by Crippen LogP contribution is -2.73. The molecule has 3 heterocycles. The van der Waals surface area contributed by atoms with Crippen LogP contribution in [0.1, 0.15) is 20.8 Å². The average molecular weight is 463 g/mol. The number of para-hydroxylation sites is 1. The summed E-state index contributed by atoms with van der Waals surface area (Å²) < 4.78 is 16.2. The average Bonchev–Trinajstić information content (AvgIpc) is 2.74. The standard InChI is InChI=1S/C26H30N4O4/c1-25(2,3)34-24(31)30-15-26(16-30)13-29(14-26)19-10-9-18-11-22(28-27-21(18)12-19)20-7-5-6-8-23(20)33-17-32-4/h5-12H,13-17H2,1-4H3. The minimum Gasteiger partial charge on any atom is -0.467 e. The van der Waals surface area contributed by atoms with Gasteiger partial charge in [-0.2, -0.15) is 0 Å². The summed E-state index contributed by atoms with van der Waals surface area (Å²) in [6.07, 6.45) is -0.220. The Kier molecular flexibility index (Phi) is 5.56. The molecule has 2 aliphatic heterocycles. The van der Waals surface area contributed by atoms with Crippen molar-refractivity contribution in [2.24, 2.45) is 5.41 Å². The van der Waals surface area contributed by atoms with E-state index in [9.17, 15) is 4.79 Å². The van der Waals surface area contributed by atoms with E-state index in [0.717, 1.165) is 54.0 Å². The maximum Gasteiger partial charge on any atom is 0.410 e. The molecule has 3 aromatic rings. The molecule has 1 amide bonds. The number of aromatic nitrogens is 2. The van der Waals surface area contributed by atoms with Gasteiger partial charge in [0.05, 0.1) is 11.2 Å². The second-order valence-corrected chi connectivity index (χ2v) is 10.2. The van der Waals surface area contributed by atoms with E-state index in [0.29, 0.717) is 5.75 Å². The number of likely N-dealkylation sites (tertiary alicyclic amines) is 1. The smallest absolute Gasteiger partial charge is 0.410 e. The molecule has 0 saturated carbocycles. The maximum absolute atomic E-state index is 12.2. The third-order valence-corrected chi connectivity index (χ3v) is 6.19. The van der Waals surface area contributed by atoms with Crippen molar-refractivity contribution >= 4 is 22.7 Å². The van der Waals surface area contributed by atoms with Crippen LogP contribution in [0.4, 0.5) is 10.5 Å². The number of methoxy groups -OCH3 is 1. The summed E-state index contributed by atoms with van der Waals surface area (Å²) in [6.45, 7) is 9.20. The van der Waals surface area contributed by atoms with Gasteiger partial charge in [-0.25, -0.2) is 4.79 Å². The minimum atomic E-state index is -0.462. The highest BCUT2D eigenvalue weighted by Crippen LogP contribution is 2.43. The largest absolute Gasteiger partial charge is 0.467 e. The lowest BCUT2D eigenvalue weighted by atomic mass is 9.73. The first-order chi connectivity index (χ1) is 16.3. The number of ether oxygens (including phenoxy) is 3. The monoisotopic (exact) mass is 462 g/mol. The summed E-state index contributed by atoms with van der Waals surface area (Å²) in [4.78, 5) is 16.4. The Labute approximate surface area is 199 Å². The minimum absolute atomic E-state index is 0.174. The van der Waals surface area contributed by atoms with E-state index in [1.54, 1.807) is 12.0 Å².